The molecule has 4 heteroatoms. The number of carbonyl (C=O) groups is 1. The summed E-state index contributed by atoms with van der Waals surface area (Å²) in [5.74, 6) is 2.82. The molecule has 4 nitrogen and oxygen atoms in total. The predicted molar refractivity (Wildman–Crippen MR) is 118 cm³/mol. The standard InChI is InChI=1S/C26H29NO3/c1-29-24-14-20-19-5-3-4-6-22(19)27-26(21(20)15-25(24)30-2)18-11-9-17(10-12-18)23(28)13-16-7-8-16/h9-12,14-16,19,22H,3-8,13H2,1-2H3/t19-,22-/m1/s1. The van der Waals surface area contributed by atoms with Gasteiger partial charge in [0.1, 0.15) is 0 Å². The lowest BCUT2D eigenvalue weighted by Crippen LogP contribution is -2.29. The average molecular weight is 404 g/mol. The summed E-state index contributed by atoms with van der Waals surface area (Å²) in [6.45, 7) is 0. The third-order valence-corrected chi connectivity index (χ3v) is 6.89. The van der Waals surface area contributed by atoms with Gasteiger partial charge in [-0.2, -0.15) is 0 Å². The molecule has 2 aromatic rings. The van der Waals surface area contributed by atoms with Gasteiger partial charge < -0.3 is 9.47 Å². The molecule has 2 atom stereocenters. The van der Waals surface area contributed by atoms with Crippen LogP contribution in [-0.4, -0.2) is 31.8 Å². The van der Waals surface area contributed by atoms with Gasteiger partial charge in [-0.3, -0.25) is 9.79 Å². The minimum absolute atomic E-state index is 0.258. The van der Waals surface area contributed by atoms with Gasteiger partial charge in [0.25, 0.3) is 0 Å². The summed E-state index contributed by atoms with van der Waals surface area (Å²) in [6, 6.07) is 12.6. The van der Waals surface area contributed by atoms with Gasteiger partial charge in [0.2, 0.25) is 0 Å². The van der Waals surface area contributed by atoms with Gasteiger partial charge in [-0.15, -0.1) is 0 Å². The van der Waals surface area contributed by atoms with Crippen LogP contribution in [0, 0.1) is 5.92 Å². The highest BCUT2D eigenvalue weighted by atomic mass is 16.5. The molecule has 1 heterocycles. The van der Waals surface area contributed by atoms with Gasteiger partial charge in [-0.25, -0.2) is 0 Å². The lowest BCUT2D eigenvalue weighted by molar-refractivity contribution is 0.0976. The van der Waals surface area contributed by atoms with Crippen LogP contribution in [0.3, 0.4) is 0 Å². The minimum atomic E-state index is 0.258. The predicted octanol–water partition coefficient (Wildman–Crippen LogP) is 5.56. The van der Waals surface area contributed by atoms with Crippen molar-refractivity contribution in [1.29, 1.82) is 0 Å². The summed E-state index contributed by atoms with van der Waals surface area (Å²) >= 11 is 0. The number of ketones is 1. The molecule has 2 fully saturated rings. The minimum Gasteiger partial charge on any atom is -0.493 e. The maximum absolute atomic E-state index is 12.5. The number of methoxy groups -OCH3 is 2. The fourth-order valence-electron chi connectivity index (χ4n) is 5.02. The molecule has 3 aliphatic rings. The van der Waals surface area contributed by atoms with Crippen molar-refractivity contribution < 1.29 is 14.3 Å². The molecule has 0 amide bonds. The number of ether oxygens (including phenoxy) is 2. The summed E-state index contributed by atoms with van der Waals surface area (Å²) in [7, 11) is 3.37. The fourth-order valence-corrected chi connectivity index (χ4v) is 5.02. The fraction of sp³-hybridized carbons (Fsp3) is 0.462. The van der Waals surface area contributed by atoms with Crippen molar-refractivity contribution in [2.24, 2.45) is 10.9 Å². The largest absolute Gasteiger partial charge is 0.493 e. The Balaban J connectivity index is 1.54. The number of aliphatic imine (C=N–C) groups is 1. The number of fused-ring (bicyclic) bond motifs is 3. The lowest BCUT2D eigenvalue weighted by atomic mass is 9.75. The van der Waals surface area contributed by atoms with Crippen LogP contribution >= 0.6 is 0 Å². The maximum atomic E-state index is 12.5. The van der Waals surface area contributed by atoms with Gasteiger partial charge in [0.05, 0.1) is 26.0 Å². The summed E-state index contributed by atoms with van der Waals surface area (Å²) in [4.78, 5) is 17.7. The second-order valence-corrected chi connectivity index (χ2v) is 8.88. The van der Waals surface area contributed by atoms with E-state index in [1.807, 2.05) is 12.1 Å². The first-order chi connectivity index (χ1) is 14.7. The Bertz CT molecular complexity index is 988. The molecule has 30 heavy (non-hydrogen) atoms. The van der Waals surface area contributed by atoms with Crippen molar-refractivity contribution >= 4 is 11.5 Å². The molecular formula is C26H29NO3. The van der Waals surface area contributed by atoms with Crippen LogP contribution in [-0.2, 0) is 0 Å². The van der Waals surface area contributed by atoms with E-state index in [-0.39, 0.29) is 5.78 Å². The van der Waals surface area contributed by atoms with E-state index in [2.05, 4.69) is 24.3 Å². The van der Waals surface area contributed by atoms with Crippen LogP contribution in [0.25, 0.3) is 0 Å². The molecule has 1 aliphatic heterocycles. The van der Waals surface area contributed by atoms with Crippen molar-refractivity contribution in [3.8, 4) is 11.5 Å². The molecular weight excluding hydrogens is 374 g/mol. The van der Waals surface area contributed by atoms with Gasteiger partial charge in [-0.1, -0.05) is 37.1 Å². The molecule has 0 spiro atoms. The van der Waals surface area contributed by atoms with Crippen LogP contribution in [0.2, 0.25) is 0 Å². The quantitative estimate of drug-likeness (QED) is 0.593. The molecule has 0 bridgehead atoms. The molecule has 0 N–H and O–H groups in total. The van der Waals surface area contributed by atoms with E-state index in [1.54, 1.807) is 14.2 Å². The number of benzene rings is 2. The number of carbonyl (C=O) groups excluding carboxylic acids is 1. The summed E-state index contributed by atoms with van der Waals surface area (Å²) in [5.41, 5.74) is 5.33. The van der Waals surface area contributed by atoms with Crippen molar-refractivity contribution in [2.45, 2.75) is 56.9 Å². The molecule has 0 saturated heterocycles. The number of hydrogen-bond donors (Lipinski definition) is 0. The Morgan fingerprint density at radius 2 is 1.67 bits per heavy atom. The molecule has 0 aromatic heterocycles. The summed E-state index contributed by atoms with van der Waals surface area (Å²) in [5, 5.41) is 0. The average Bonchev–Trinajstić information content (AvgIpc) is 3.61. The van der Waals surface area contributed by atoms with Crippen LogP contribution in [0.15, 0.2) is 41.4 Å². The molecule has 0 unspecified atom stereocenters. The monoisotopic (exact) mass is 403 g/mol. The first-order valence-corrected chi connectivity index (χ1v) is 11.2. The third kappa shape index (κ3) is 3.53. The Morgan fingerprint density at radius 3 is 2.37 bits per heavy atom. The smallest absolute Gasteiger partial charge is 0.163 e. The van der Waals surface area contributed by atoms with Gasteiger partial charge >= 0.3 is 0 Å². The van der Waals surface area contributed by atoms with Crippen molar-refractivity contribution in [2.75, 3.05) is 14.2 Å². The Hall–Kier alpha value is -2.62. The second kappa shape index (κ2) is 7.90. The number of rotatable bonds is 6. The first kappa shape index (κ1) is 19.3. The van der Waals surface area contributed by atoms with Crippen LogP contribution in [0.5, 0.6) is 11.5 Å². The van der Waals surface area contributed by atoms with E-state index in [1.165, 1.54) is 37.7 Å². The number of hydrogen-bond acceptors (Lipinski definition) is 4. The van der Waals surface area contributed by atoms with Crippen molar-refractivity contribution in [1.82, 2.24) is 0 Å². The molecule has 2 aliphatic carbocycles. The van der Waals surface area contributed by atoms with E-state index in [0.717, 1.165) is 40.3 Å². The molecule has 2 saturated carbocycles. The number of nitrogens with zero attached hydrogens (tertiary/aromatic N) is 1. The number of Topliss-reactive ketones (excluding diaryl/α,β-unsaturated/α-hetero) is 1. The van der Waals surface area contributed by atoms with Crippen LogP contribution in [0.4, 0.5) is 0 Å². The zero-order chi connectivity index (χ0) is 20.7. The maximum Gasteiger partial charge on any atom is 0.163 e. The highest BCUT2D eigenvalue weighted by Gasteiger charge is 2.34. The SMILES string of the molecule is COc1cc2c(cc1OC)[C@H]1CCCC[C@H]1N=C2c1ccc(C(=O)CC2CC2)cc1. The molecule has 5 rings (SSSR count). The second-order valence-electron chi connectivity index (χ2n) is 8.88. The van der Waals surface area contributed by atoms with E-state index in [4.69, 9.17) is 14.5 Å². The van der Waals surface area contributed by atoms with Crippen LogP contribution in [0.1, 0.15) is 77.9 Å². The van der Waals surface area contributed by atoms with E-state index in [9.17, 15) is 4.79 Å². The lowest BCUT2D eigenvalue weighted by Gasteiger charge is -2.35. The van der Waals surface area contributed by atoms with Gasteiger partial charge in [0, 0.05) is 29.0 Å². The molecule has 2 aromatic carbocycles. The molecule has 156 valence electrons. The first-order valence-electron chi connectivity index (χ1n) is 11.2. The topological polar surface area (TPSA) is 47.9 Å². The van der Waals surface area contributed by atoms with Gasteiger partial charge in [0.15, 0.2) is 17.3 Å². The van der Waals surface area contributed by atoms with Crippen molar-refractivity contribution in [3.05, 3.63) is 58.7 Å². The van der Waals surface area contributed by atoms with Crippen LogP contribution < -0.4 is 9.47 Å². The zero-order valence-electron chi connectivity index (χ0n) is 17.8. The highest BCUT2D eigenvalue weighted by molar-refractivity contribution is 6.15. The van der Waals surface area contributed by atoms with E-state index in [0.29, 0.717) is 24.3 Å². The van der Waals surface area contributed by atoms with Crippen molar-refractivity contribution in [3.63, 3.8) is 0 Å². The Morgan fingerprint density at radius 1 is 0.967 bits per heavy atom. The van der Waals surface area contributed by atoms with E-state index >= 15 is 0 Å². The Kier molecular flexibility index (Phi) is 5.10. The normalized spacial score (nSPS) is 22.5. The van der Waals surface area contributed by atoms with Gasteiger partial charge in [-0.05, 0) is 49.3 Å². The summed E-state index contributed by atoms with van der Waals surface area (Å²) < 4.78 is 11.2. The highest BCUT2D eigenvalue weighted by Crippen LogP contribution is 2.44. The zero-order valence-corrected chi connectivity index (χ0v) is 17.8. The van der Waals surface area contributed by atoms with E-state index < -0.39 is 0 Å². The molecule has 0 radical (unpaired) electrons. The Labute approximate surface area is 178 Å². The summed E-state index contributed by atoms with van der Waals surface area (Å²) in [6.07, 6.45) is 7.85. The third-order valence-electron chi connectivity index (χ3n) is 6.89.